The van der Waals surface area contributed by atoms with Crippen LogP contribution in [0.4, 0.5) is 5.69 Å². The van der Waals surface area contributed by atoms with Gasteiger partial charge in [-0.3, -0.25) is 0 Å². The molecule has 6 heteroatoms. The molecule has 0 aromatic heterocycles. The second-order valence-corrected chi connectivity index (χ2v) is 8.97. The molecule has 0 aliphatic rings. The van der Waals surface area contributed by atoms with Gasteiger partial charge in [-0.05, 0) is 56.7 Å². The van der Waals surface area contributed by atoms with Crippen molar-refractivity contribution in [2.45, 2.75) is 37.1 Å². The number of para-hydroxylation sites is 1. The van der Waals surface area contributed by atoms with Crippen LogP contribution >= 0.6 is 0 Å². The molecule has 0 fully saturated rings. The number of nitrogens with one attached hydrogen (secondary N) is 1. The average Bonchev–Trinajstić information content (AvgIpc) is 2.73. The molecule has 0 aliphatic heterocycles. The maximum atomic E-state index is 13.2. The average molecular weight is 424 g/mol. The maximum absolute atomic E-state index is 13.2. The molecular weight excluding hydrogens is 398 g/mol. The highest BCUT2D eigenvalue weighted by Gasteiger charge is 2.21. The molecule has 0 spiro atoms. The zero-order chi connectivity index (χ0) is 21.7. The van der Waals surface area contributed by atoms with Crippen LogP contribution in [0, 0.1) is 13.8 Å². The van der Waals surface area contributed by atoms with Gasteiger partial charge in [0.15, 0.2) is 0 Å². The van der Waals surface area contributed by atoms with E-state index in [-0.39, 0.29) is 22.9 Å². The Morgan fingerprint density at radius 1 is 0.933 bits per heavy atom. The normalized spacial score (nSPS) is 11.2. The zero-order valence-electron chi connectivity index (χ0n) is 17.3. The molecular formula is C24H25NO4S. The van der Waals surface area contributed by atoms with Crippen LogP contribution in [0.3, 0.4) is 0 Å². The summed E-state index contributed by atoms with van der Waals surface area (Å²) in [4.78, 5) is 12.7. The van der Waals surface area contributed by atoms with Gasteiger partial charge in [0.25, 0.3) is 0 Å². The van der Waals surface area contributed by atoms with Crippen molar-refractivity contribution in [1.29, 1.82) is 0 Å². The van der Waals surface area contributed by atoms with Crippen LogP contribution in [0.15, 0.2) is 76.5 Å². The fourth-order valence-corrected chi connectivity index (χ4v) is 4.64. The van der Waals surface area contributed by atoms with Gasteiger partial charge in [0.1, 0.15) is 0 Å². The quantitative estimate of drug-likeness (QED) is 0.546. The second kappa shape index (κ2) is 9.13. The van der Waals surface area contributed by atoms with Gasteiger partial charge in [-0.25, -0.2) is 13.2 Å². The molecule has 3 rings (SSSR count). The first-order valence-corrected chi connectivity index (χ1v) is 11.2. The van der Waals surface area contributed by atoms with Crippen molar-refractivity contribution in [2.24, 2.45) is 0 Å². The molecule has 0 saturated heterocycles. The predicted octanol–water partition coefficient (Wildman–Crippen LogP) is 4.93. The van der Waals surface area contributed by atoms with E-state index in [0.717, 1.165) is 11.1 Å². The number of aryl methyl sites for hydroxylation is 2. The molecule has 0 radical (unpaired) electrons. The lowest BCUT2D eigenvalue weighted by Crippen LogP contribution is -2.12. The maximum Gasteiger partial charge on any atom is 0.340 e. The first kappa shape index (κ1) is 21.6. The number of carbonyl (C=O) groups is 1. The van der Waals surface area contributed by atoms with Crippen LogP contribution in [0.2, 0.25) is 0 Å². The van der Waals surface area contributed by atoms with Crippen molar-refractivity contribution in [1.82, 2.24) is 0 Å². The third-order valence-electron chi connectivity index (χ3n) is 4.73. The van der Waals surface area contributed by atoms with Crippen LogP contribution in [-0.4, -0.2) is 21.0 Å². The lowest BCUT2D eigenvalue weighted by molar-refractivity contribution is 0.0527. The summed E-state index contributed by atoms with van der Waals surface area (Å²) in [5.74, 6) is -0.419. The number of ether oxygens (including phenoxy) is 1. The molecule has 0 amide bonds. The summed E-state index contributed by atoms with van der Waals surface area (Å²) in [5, 5.41) is 3.20. The third-order valence-corrected chi connectivity index (χ3v) is 6.60. The van der Waals surface area contributed by atoms with E-state index in [9.17, 15) is 13.2 Å². The van der Waals surface area contributed by atoms with Crippen molar-refractivity contribution < 1.29 is 17.9 Å². The molecule has 3 aromatic rings. The minimum atomic E-state index is -3.67. The minimum absolute atomic E-state index is 0.248. The van der Waals surface area contributed by atoms with Gasteiger partial charge in [-0.15, -0.1) is 0 Å². The second-order valence-electron chi connectivity index (χ2n) is 7.05. The van der Waals surface area contributed by atoms with E-state index >= 15 is 0 Å². The summed E-state index contributed by atoms with van der Waals surface area (Å²) in [7, 11) is -3.67. The van der Waals surface area contributed by atoms with Gasteiger partial charge < -0.3 is 10.1 Å². The summed E-state index contributed by atoms with van der Waals surface area (Å²) >= 11 is 0. The molecule has 0 atom stereocenters. The molecule has 0 heterocycles. The SMILES string of the molecule is CCOC(=O)c1ccccc1NCc1cc(C)ccc1S(=O)(=O)c1ccc(C)cc1. The monoisotopic (exact) mass is 423 g/mol. The molecule has 156 valence electrons. The van der Waals surface area contributed by atoms with E-state index in [1.165, 1.54) is 0 Å². The number of sulfone groups is 1. The van der Waals surface area contributed by atoms with Gasteiger partial charge in [-0.1, -0.05) is 47.5 Å². The van der Waals surface area contributed by atoms with Crippen molar-refractivity contribution in [3.8, 4) is 0 Å². The van der Waals surface area contributed by atoms with E-state index in [0.29, 0.717) is 16.8 Å². The zero-order valence-corrected chi connectivity index (χ0v) is 18.1. The van der Waals surface area contributed by atoms with Crippen LogP contribution < -0.4 is 5.32 Å². The molecule has 1 N–H and O–H groups in total. The van der Waals surface area contributed by atoms with E-state index in [2.05, 4.69) is 5.32 Å². The van der Waals surface area contributed by atoms with Crippen LogP contribution in [0.1, 0.15) is 34.0 Å². The summed E-state index contributed by atoms with van der Waals surface area (Å²) < 4.78 is 31.6. The van der Waals surface area contributed by atoms with E-state index < -0.39 is 15.8 Å². The standard InChI is InChI=1S/C24H25NO4S/c1-4-29-24(26)21-7-5-6-8-22(21)25-16-19-15-18(3)11-14-23(19)30(27,28)20-12-9-17(2)10-13-20/h5-15,25H,4,16H2,1-3H3. The number of hydrogen-bond donors (Lipinski definition) is 1. The molecule has 0 saturated carbocycles. The van der Waals surface area contributed by atoms with Crippen LogP contribution in [0.5, 0.6) is 0 Å². The van der Waals surface area contributed by atoms with Gasteiger partial charge in [-0.2, -0.15) is 0 Å². The van der Waals surface area contributed by atoms with E-state index in [4.69, 9.17) is 4.74 Å². The highest BCUT2D eigenvalue weighted by Crippen LogP contribution is 2.27. The fraction of sp³-hybridized carbons (Fsp3) is 0.208. The molecule has 0 unspecified atom stereocenters. The molecule has 5 nitrogen and oxygen atoms in total. The molecule has 0 bridgehead atoms. The Labute approximate surface area is 177 Å². The highest BCUT2D eigenvalue weighted by molar-refractivity contribution is 7.91. The molecule has 3 aromatic carbocycles. The van der Waals surface area contributed by atoms with Gasteiger partial charge in [0.05, 0.1) is 22.0 Å². The number of carbonyl (C=O) groups excluding carboxylic acids is 1. The first-order valence-electron chi connectivity index (χ1n) is 9.74. The number of rotatable bonds is 7. The summed E-state index contributed by atoms with van der Waals surface area (Å²) in [5.41, 5.74) is 3.59. The number of hydrogen-bond acceptors (Lipinski definition) is 5. The Kier molecular flexibility index (Phi) is 6.57. The summed E-state index contributed by atoms with van der Waals surface area (Å²) in [6.07, 6.45) is 0. The van der Waals surface area contributed by atoms with Crippen LogP contribution in [-0.2, 0) is 21.1 Å². The van der Waals surface area contributed by atoms with Crippen molar-refractivity contribution in [2.75, 3.05) is 11.9 Å². The summed E-state index contributed by atoms with van der Waals surface area (Å²) in [6.45, 7) is 6.11. The molecule has 0 aliphatic carbocycles. The Balaban J connectivity index is 1.94. The fourth-order valence-electron chi connectivity index (χ4n) is 3.17. The van der Waals surface area contributed by atoms with Crippen molar-refractivity contribution in [3.05, 3.63) is 89.0 Å². The molecule has 30 heavy (non-hydrogen) atoms. The third kappa shape index (κ3) is 4.71. The number of anilines is 1. The lowest BCUT2D eigenvalue weighted by Gasteiger charge is -2.15. The minimum Gasteiger partial charge on any atom is -0.462 e. The topological polar surface area (TPSA) is 72.5 Å². The lowest BCUT2D eigenvalue weighted by atomic mass is 10.1. The van der Waals surface area contributed by atoms with Crippen molar-refractivity contribution >= 4 is 21.5 Å². The summed E-state index contributed by atoms with van der Waals surface area (Å²) in [6, 6.07) is 19.1. The predicted molar refractivity (Wildman–Crippen MR) is 118 cm³/mol. The van der Waals surface area contributed by atoms with Gasteiger partial charge >= 0.3 is 5.97 Å². The first-order chi connectivity index (χ1) is 14.3. The largest absolute Gasteiger partial charge is 0.462 e. The number of esters is 1. The Morgan fingerprint density at radius 3 is 2.30 bits per heavy atom. The van der Waals surface area contributed by atoms with E-state index in [1.54, 1.807) is 61.5 Å². The van der Waals surface area contributed by atoms with Gasteiger partial charge in [0.2, 0.25) is 9.84 Å². The smallest absolute Gasteiger partial charge is 0.340 e. The highest BCUT2D eigenvalue weighted by atomic mass is 32.2. The van der Waals surface area contributed by atoms with E-state index in [1.807, 2.05) is 26.0 Å². The van der Waals surface area contributed by atoms with Crippen molar-refractivity contribution in [3.63, 3.8) is 0 Å². The van der Waals surface area contributed by atoms with Crippen LogP contribution in [0.25, 0.3) is 0 Å². The van der Waals surface area contributed by atoms with Gasteiger partial charge in [0, 0.05) is 12.2 Å². The Hall–Kier alpha value is -3.12. The Morgan fingerprint density at radius 2 is 1.60 bits per heavy atom. The Bertz CT molecular complexity index is 1150. The number of benzene rings is 3.